The molecule has 2 unspecified atom stereocenters. The lowest BCUT2D eigenvalue weighted by molar-refractivity contribution is 0.162. The Labute approximate surface area is 153 Å². The van der Waals surface area contributed by atoms with Crippen molar-refractivity contribution in [2.75, 3.05) is 13.7 Å². The Kier molecular flexibility index (Phi) is 4.58. The molecule has 2 fully saturated rings. The minimum absolute atomic E-state index is 0.0594. The van der Waals surface area contributed by atoms with Gasteiger partial charge in [0.25, 0.3) is 0 Å². The highest BCUT2D eigenvalue weighted by Crippen LogP contribution is 2.45. The molecule has 138 valence electrons. The third kappa shape index (κ3) is 3.05. The van der Waals surface area contributed by atoms with E-state index >= 15 is 0 Å². The Morgan fingerprint density at radius 3 is 2.81 bits per heavy atom. The summed E-state index contributed by atoms with van der Waals surface area (Å²) in [6.45, 7) is 0.341. The molecule has 0 amide bonds. The molecule has 1 aromatic heterocycles. The highest BCUT2D eigenvalue weighted by Gasteiger charge is 2.51. The molecule has 2 bridgehead atoms. The number of fused-ring (bicyclic) bond motifs is 2. The fourth-order valence-electron chi connectivity index (χ4n) is 4.13. The van der Waals surface area contributed by atoms with Crippen molar-refractivity contribution in [1.82, 2.24) is 9.29 Å². The van der Waals surface area contributed by atoms with Crippen LogP contribution in [-0.2, 0) is 10.0 Å². The monoisotopic (exact) mass is 374 g/mol. The van der Waals surface area contributed by atoms with E-state index in [1.807, 2.05) is 24.3 Å². The van der Waals surface area contributed by atoms with Gasteiger partial charge < -0.3 is 9.47 Å². The Balaban J connectivity index is 1.56. The van der Waals surface area contributed by atoms with Gasteiger partial charge in [0.2, 0.25) is 10.0 Å². The van der Waals surface area contributed by atoms with Crippen LogP contribution < -0.4 is 9.47 Å². The minimum atomic E-state index is -3.57. The number of methoxy groups -OCH3 is 1. The average Bonchev–Trinajstić information content (AvgIpc) is 3.29. The molecule has 7 heteroatoms. The smallest absolute Gasteiger partial charge is 0.245 e. The van der Waals surface area contributed by atoms with Crippen molar-refractivity contribution in [3.8, 4) is 11.5 Å². The quantitative estimate of drug-likeness (QED) is 0.778. The SMILES string of the molecule is COc1cccc(OC[C@@H]2C3CCC(C3)N2S(=O)(=O)c2cccnc2)c1. The first kappa shape index (κ1) is 17.3. The number of piperidine rings is 1. The second-order valence-electron chi connectivity index (χ2n) is 6.81. The maximum atomic E-state index is 13.2. The predicted octanol–water partition coefficient (Wildman–Crippen LogP) is 2.71. The van der Waals surface area contributed by atoms with Crippen LogP contribution in [0.3, 0.4) is 0 Å². The van der Waals surface area contributed by atoms with Crippen molar-refractivity contribution < 1.29 is 17.9 Å². The third-order valence-corrected chi connectivity index (χ3v) is 7.31. The van der Waals surface area contributed by atoms with Crippen LogP contribution in [0.15, 0.2) is 53.7 Å². The molecule has 1 aliphatic heterocycles. The van der Waals surface area contributed by atoms with E-state index in [0.717, 1.165) is 25.0 Å². The molecule has 0 N–H and O–H groups in total. The first-order valence-corrected chi connectivity index (χ1v) is 10.2. The molecule has 2 heterocycles. The fourth-order valence-corrected chi connectivity index (χ4v) is 5.99. The summed E-state index contributed by atoms with van der Waals surface area (Å²) in [4.78, 5) is 4.22. The molecule has 2 aliphatic rings. The van der Waals surface area contributed by atoms with Crippen molar-refractivity contribution in [3.63, 3.8) is 0 Å². The van der Waals surface area contributed by atoms with Crippen LogP contribution in [0.1, 0.15) is 19.3 Å². The second-order valence-corrected chi connectivity index (χ2v) is 8.65. The molecule has 4 rings (SSSR count). The largest absolute Gasteiger partial charge is 0.497 e. The van der Waals surface area contributed by atoms with Gasteiger partial charge in [-0.1, -0.05) is 6.07 Å². The summed E-state index contributed by atoms with van der Waals surface area (Å²) in [6.07, 6.45) is 5.88. The maximum absolute atomic E-state index is 13.2. The van der Waals surface area contributed by atoms with Crippen molar-refractivity contribution in [2.45, 2.75) is 36.2 Å². The van der Waals surface area contributed by atoms with E-state index in [2.05, 4.69) is 4.98 Å². The van der Waals surface area contributed by atoms with Crippen LogP contribution in [0.4, 0.5) is 0 Å². The molecule has 0 radical (unpaired) electrons. The molecule has 3 atom stereocenters. The van der Waals surface area contributed by atoms with Crippen LogP contribution in [0.2, 0.25) is 0 Å². The van der Waals surface area contributed by atoms with Gasteiger partial charge in [0.1, 0.15) is 23.0 Å². The number of benzene rings is 1. The van der Waals surface area contributed by atoms with Crippen molar-refractivity contribution in [2.24, 2.45) is 5.92 Å². The molecular formula is C19H22N2O4S. The van der Waals surface area contributed by atoms with Crippen molar-refractivity contribution in [1.29, 1.82) is 0 Å². The molecular weight excluding hydrogens is 352 g/mol. The number of ether oxygens (including phenoxy) is 2. The summed E-state index contributed by atoms with van der Waals surface area (Å²) < 4.78 is 39.1. The Morgan fingerprint density at radius 2 is 2.04 bits per heavy atom. The van der Waals surface area contributed by atoms with Crippen LogP contribution in [-0.4, -0.2) is 43.5 Å². The van der Waals surface area contributed by atoms with Gasteiger partial charge in [-0.2, -0.15) is 4.31 Å². The molecule has 1 saturated carbocycles. The summed E-state index contributed by atoms with van der Waals surface area (Å²) in [7, 11) is -1.96. The highest BCUT2D eigenvalue weighted by molar-refractivity contribution is 7.89. The van der Waals surface area contributed by atoms with Crippen LogP contribution >= 0.6 is 0 Å². The zero-order valence-electron chi connectivity index (χ0n) is 14.6. The lowest BCUT2D eigenvalue weighted by Gasteiger charge is -2.34. The second kappa shape index (κ2) is 6.89. The number of hydrogen-bond donors (Lipinski definition) is 0. The van der Waals surface area contributed by atoms with E-state index in [4.69, 9.17) is 9.47 Å². The van der Waals surface area contributed by atoms with Gasteiger partial charge >= 0.3 is 0 Å². The van der Waals surface area contributed by atoms with Gasteiger partial charge in [-0.3, -0.25) is 4.98 Å². The van der Waals surface area contributed by atoms with Gasteiger partial charge in [-0.25, -0.2) is 8.42 Å². The zero-order chi connectivity index (χ0) is 18.1. The van der Waals surface area contributed by atoms with Crippen LogP contribution in [0, 0.1) is 5.92 Å². The van der Waals surface area contributed by atoms with Crippen molar-refractivity contribution >= 4 is 10.0 Å². The number of hydrogen-bond acceptors (Lipinski definition) is 5. The van der Waals surface area contributed by atoms with Gasteiger partial charge in [0, 0.05) is 24.5 Å². The Hall–Kier alpha value is -2.12. The van der Waals surface area contributed by atoms with Crippen LogP contribution in [0.5, 0.6) is 11.5 Å². The third-order valence-electron chi connectivity index (χ3n) is 5.35. The molecule has 26 heavy (non-hydrogen) atoms. The minimum Gasteiger partial charge on any atom is -0.497 e. The number of sulfonamides is 1. The molecule has 2 aromatic rings. The maximum Gasteiger partial charge on any atom is 0.245 e. The zero-order valence-corrected chi connectivity index (χ0v) is 15.4. The molecule has 1 aromatic carbocycles. The lowest BCUT2D eigenvalue weighted by Crippen LogP contribution is -2.47. The molecule has 1 aliphatic carbocycles. The van der Waals surface area contributed by atoms with E-state index in [-0.39, 0.29) is 17.0 Å². The summed E-state index contributed by atoms with van der Waals surface area (Å²) >= 11 is 0. The molecule has 6 nitrogen and oxygen atoms in total. The van der Waals surface area contributed by atoms with E-state index in [0.29, 0.717) is 18.3 Å². The summed E-state index contributed by atoms with van der Waals surface area (Å²) in [6, 6.07) is 10.6. The summed E-state index contributed by atoms with van der Waals surface area (Å²) in [5, 5.41) is 0. The first-order chi connectivity index (χ1) is 12.6. The lowest BCUT2D eigenvalue weighted by atomic mass is 10.0. The van der Waals surface area contributed by atoms with E-state index < -0.39 is 10.0 Å². The standard InChI is InChI=1S/C19H22N2O4S/c1-24-16-4-2-5-17(11-16)25-13-19-14-7-8-15(10-14)21(19)26(22,23)18-6-3-9-20-12-18/h2-6,9,11-12,14-15,19H,7-8,10,13H2,1H3/t14?,15?,19-/m1/s1. The van der Waals surface area contributed by atoms with E-state index in [9.17, 15) is 8.42 Å². The van der Waals surface area contributed by atoms with Gasteiger partial charge in [-0.15, -0.1) is 0 Å². The van der Waals surface area contributed by atoms with Crippen LogP contribution in [0.25, 0.3) is 0 Å². The topological polar surface area (TPSA) is 68.7 Å². The summed E-state index contributed by atoms with van der Waals surface area (Å²) in [5.74, 6) is 1.75. The van der Waals surface area contributed by atoms with Crippen molar-refractivity contribution in [3.05, 3.63) is 48.8 Å². The first-order valence-electron chi connectivity index (χ1n) is 8.80. The Bertz CT molecular complexity index is 872. The van der Waals surface area contributed by atoms with E-state index in [1.165, 1.54) is 6.20 Å². The highest BCUT2D eigenvalue weighted by atomic mass is 32.2. The number of pyridine rings is 1. The van der Waals surface area contributed by atoms with E-state index in [1.54, 1.807) is 29.7 Å². The number of nitrogens with zero attached hydrogens (tertiary/aromatic N) is 2. The number of rotatable bonds is 6. The Morgan fingerprint density at radius 1 is 1.19 bits per heavy atom. The molecule has 1 saturated heterocycles. The van der Waals surface area contributed by atoms with Gasteiger partial charge in [0.05, 0.1) is 13.2 Å². The van der Waals surface area contributed by atoms with Gasteiger partial charge in [0.15, 0.2) is 0 Å². The summed E-state index contributed by atoms with van der Waals surface area (Å²) in [5.41, 5.74) is 0. The predicted molar refractivity (Wildman–Crippen MR) is 96.7 cm³/mol. The molecule has 0 spiro atoms. The fraction of sp³-hybridized carbons (Fsp3) is 0.421. The number of aromatic nitrogens is 1. The average molecular weight is 374 g/mol. The normalized spacial score (nSPS) is 25.3. The van der Waals surface area contributed by atoms with Gasteiger partial charge in [-0.05, 0) is 49.4 Å².